The number of hydrogen-bond donors (Lipinski definition) is 1. The molecule has 1 atom stereocenters. The van der Waals surface area contributed by atoms with Crippen LogP contribution in [0.4, 0.5) is 8.78 Å². The Bertz CT molecular complexity index is 1040. The summed E-state index contributed by atoms with van der Waals surface area (Å²) in [6.07, 6.45) is -2.80. The minimum atomic E-state index is -4.32. The molecular formula is C17H13F2NO5S. The molecule has 0 spiro atoms. The largest absolute Gasteiger partial charge is 0.460 e. The van der Waals surface area contributed by atoms with Crippen LogP contribution in [-0.2, 0) is 29.6 Å². The van der Waals surface area contributed by atoms with E-state index in [1.54, 1.807) is 18.2 Å². The van der Waals surface area contributed by atoms with Gasteiger partial charge < -0.3 is 14.7 Å². The van der Waals surface area contributed by atoms with Crippen LogP contribution < -0.4 is 5.73 Å². The van der Waals surface area contributed by atoms with Crippen molar-refractivity contribution in [3.63, 3.8) is 0 Å². The number of Topliss-reactive ketones (excluding diaryl/α,β-unsaturated/α-hetero) is 1. The standard InChI is InChI=1S/C17H13F2NO5S/c18-11-6-7-13(19)12(8-11)15-14(21)16(17(20)24-15)25-26(22,23)9-10-4-2-1-3-5-10/h1-8,15H,9,20H2/i15D. The van der Waals surface area contributed by atoms with Crippen LogP contribution in [0.1, 0.15) is 18.6 Å². The Morgan fingerprint density at radius 2 is 1.88 bits per heavy atom. The Morgan fingerprint density at radius 3 is 2.58 bits per heavy atom. The van der Waals surface area contributed by atoms with Gasteiger partial charge in [0, 0.05) is 5.56 Å². The highest BCUT2D eigenvalue weighted by atomic mass is 32.2. The Hall–Kier alpha value is -2.94. The average Bonchev–Trinajstić information content (AvgIpc) is 2.81. The van der Waals surface area contributed by atoms with E-state index in [4.69, 9.17) is 16.0 Å². The van der Waals surface area contributed by atoms with Gasteiger partial charge in [0.2, 0.25) is 17.4 Å². The molecule has 0 radical (unpaired) electrons. The van der Waals surface area contributed by atoms with Crippen molar-refractivity contribution in [3.05, 3.63) is 82.9 Å². The van der Waals surface area contributed by atoms with E-state index in [0.717, 1.165) is 6.07 Å². The lowest BCUT2D eigenvalue weighted by molar-refractivity contribution is -0.123. The molecule has 3 rings (SSSR count). The molecule has 2 aromatic carbocycles. The predicted octanol–water partition coefficient (Wildman–Crippen LogP) is 2.28. The molecule has 0 bridgehead atoms. The number of nitrogens with two attached hydrogens (primary N) is 1. The van der Waals surface area contributed by atoms with E-state index in [0.29, 0.717) is 17.7 Å². The van der Waals surface area contributed by atoms with Gasteiger partial charge in [-0.25, -0.2) is 8.78 Å². The first kappa shape index (κ1) is 16.5. The Kier molecular flexibility index (Phi) is 4.29. The van der Waals surface area contributed by atoms with Crippen LogP contribution >= 0.6 is 0 Å². The lowest BCUT2D eigenvalue weighted by Gasteiger charge is -2.11. The van der Waals surface area contributed by atoms with Gasteiger partial charge in [-0.2, -0.15) is 8.42 Å². The monoisotopic (exact) mass is 382 g/mol. The minimum absolute atomic E-state index is 0.386. The number of carbonyl (C=O) groups excluding carboxylic acids is 1. The molecule has 0 aliphatic carbocycles. The number of hydrogen-bond acceptors (Lipinski definition) is 6. The van der Waals surface area contributed by atoms with E-state index in [9.17, 15) is 22.0 Å². The van der Waals surface area contributed by atoms with Crippen molar-refractivity contribution in [2.24, 2.45) is 5.73 Å². The lowest BCUT2D eigenvalue weighted by Crippen LogP contribution is -2.17. The summed E-state index contributed by atoms with van der Waals surface area (Å²) in [6.45, 7) is 0. The predicted molar refractivity (Wildman–Crippen MR) is 86.6 cm³/mol. The maximum atomic E-state index is 14.0. The van der Waals surface area contributed by atoms with Crippen molar-refractivity contribution >= 4 is 15.9 Å². The van der Waals surface area contributed by atoms with Crippen LogP contribution in [-0.4, -0.2) is 14.2 Å². The average molecular weight is 382 g/mol. The fraction of sp³-hybridized carbons (Fsp3) is 0.118. The third-order valence-corrected chi connectivity index (χ3v) is 4.53. The summed E-state index contributed by atoms with van der Waals surface area (Å²) in [5.74, 6) is -5.71. The Morgan fingerprint density at radius 1 is 1.19 bits per heavy atom. The first-order valence-electron chi connectivity index (χ1n) is 7.77. The van der Waals surface area contributed by atoms with Crippen LogP contribution in [0.5, 0.6) is 0 Å². The maximum absolute atomic E-state index is 14.0. The van der Waals surface area contributed by atoms with Gasteiger partial charge in [-0.15, -0.1) is 0 Å². The highest BCUT2D eigenvalue weighted by Gasteiger charge is 2.40. The van der Waals surface area contributed by atoms with E-state index in [1.165, 1.54) is 12.1 Å². The fourth-order valence-electron chi connectivity index (χ4n) is 2.28. The lowest BCUT2D eigenvalue weighted by atomic mass is 10.1. The van der Waals surface area contributed by atoms with Crippen LogP contribution in [0.25, 0.3) is 0 Å². The number of ether oxygens (including phenoxy) is 1. The van der Waals surface area contributed by atoms with Crippen molar-refractivity contribution in [2.45, 2.75) is 11.8 Å². The van der Waals surface area contributed by atoms with Crippen LogP contribution in [0, 0.1) is 11.6 Å². The summed E-state index contributed by atoms with van der Waals surface area (Å²) in [4.78, 5) is 12.5. The second-order valence-corrected chi connectivity index (χ2v) is 6.92. The SMILES string of the molecule is [2H]C1(c2cc(F)ccc2F)OC(N)=C(OS(=O)(=O)Cc2ccccc2)C1=O. The number of rotatable bonds is 5. The number of benzene rings is 2. The van der Waals surface area contributed by atoms with E-state index >= 15 is 0 Å². The van der Waals surface area contributed by atoms with Crippen molar-refractivity contribution in [1.29, 1.82) is 0 Å². The van der Waals surface area contributed by atoms with Gasteiger partial charge in [-0.05, 0) is 23.8 Å². The summed E-state index contributed by atoms with van der Waals surface area (Å²) >= 11 is 0. The maximum Gasteiger partial charge on any atom is 0.313 e. The van der Waals surface area contributed by atoms with Crippen molar-refractivity contribution in [1.82, 2.24) is 0 Å². The number of ketones is 1. The highest BCUT2D eigenvalue weighted by molar-refractivity contribution is 7.86. The molecule has 1 aliphatic heterocycles. The van der Waals surface area contributed by atoms with Gasteiger partial charge in [-0.1, -0.05) is 30.3 Å². The van der Waals surface area contributed by atoms with E-state index in [2.05, 4.69) is 0 Å². The first-order valence-corrected chi connectivity index (χ1v) is 8.85. The van der Waals surface area contributed by atoms with Crippen molar-refractivity contribution in [2.75, 3.05) is 0 Å². The topological polar surface area (TPSA) is 95.7 Å². The quantitative estimate of drug-likeness (QED) is 0.797. The summed E-state index contributed by atoms with van der Waals surface area (Å²) < 4.78 is 69.5. The summed E-state index contributed by atoms with van der Waals surface area (Å²) in [5.41, 5.74) is 5.11. The van der Waals surface area contributed by atoms with E-state index < -0.39 is 56.6 Å². The molecule has 1 aliphatic rings. The molecule has 0 aromatic heterocycles. The normalized spacial score (nSPS) is 20.7. The van der Waals surface area contributed by atoms with Crippen LogP contribution in [0.3, 0.4) is 0 Å². The Balaban J connectivity index is 1.88. The second-order valence-electron chi connectivity index (χ2n) is 5.35. The molecule has 0 saturated carbocycles. The summed E-state index contributed by atoms with van der Waals surface area (Å²) in [7, 11) is -4.32. The van der Waals surface area contributed by atoms with E-state index in [1.807, 2.05) is 0 Å². The van der Waals surface area contributed by atoms with Crippen LogP contribution in [0.2, 0.25) is 0 Å². The summed E-state index contributed by atoms with van der Waals surface area (Å²) in [6, 6.07) is 10.1. The second kappa shape index (κ2) is 6.75. The fourth-order valence-corrected chi connectivity index (χ4v) is 3.35. The molecular weight excluding hydrogens is 368 g/mol. The molecule has 9 heteroatoms. The first-order chi connectivity index (χ1) is 12.6. The number of carbonyl (C=O) groups is 1. The zero-order chi connectivity index (χ0) is 19.8. The Labute approximate surface area is 149 Å². The molecule has 0 fully saturated rings. The molecule has 1 unspecified atom stereocenters. The molecule has 0 saturated heterocycles. The molecule has 1 heterocycles. The van der Waals surface area contributed by atoms with Gasteiger partial charge in [0.05, 0.1) is 1.37 Å². The number of halogens is 2. The van der Waals surface area contributed by atoms with Gasteiger partial charge in [-0.3, -0.25) is 4.79 Å². The molecule has 2 N–H and O–H groups in total. The van der Waals surface area contributed by atoms with Crippen molar-refractivity contribution < 1.29 is 32.3 Å². The highest BCUT2D eigenvalue weighted by Crippen LogP contribution is 2.34. The minimum Gasteiger partial charge on any atom is -0.460 e. The van der Waals surface area contributed by atoms with E-state index in [-0.39, 0.29) is 0 Å². The third-order valence-electron chi connectivity index (χ3n) is 3.42. The van der Waals surface area contributed by atoms with Gasteiger partial charge in [0.1, 0.15) is 17.4 Å². The molecule has 0 amide bonds. The van der Waals surface area contributed by atoms with Crippen LogP contribution in [0.15, 0.2) is 60.2 Å². The zero-order valence-electron chi connectivity index (χ0n) is 14.1. The van der Waals surface area contributed by atoms with Crippen molar-refractivity contribution in [3.8, 4) is 0 Å². The smallest absolute Gasteiger partial charge is 0.313 e. The molecule has 26 heavy (non-hydrogen) atoms. The molecule has 6 nitrogen and oxygen atoms in total. The van der Waals surface area contributed by atoms with Gasteiger partial charge >= 0.3 is 10.1 Å². The van der Waals surface area contributed by atoms with Gasteiger partial charge in [0.15, 0.2) is 6.08 Å². The molecule has 136 valence electrons. The summed E-state index contributed by atoms with van der Waals surface area (Å²) in [5, 5.41) is 0. The third kappa shape index (κ3) is 3.67. The zero-order valence-corrected chi connectivity index (χ0v) is 13.9. The molecule has 2 aromatic rings. The van der Waals surface area contributed by atoms with Gasteiger partial charge in [0.25, 0.3) is 0 Å².